The first kappa shape index (κ1) is 13.5. The van der Waals surface area contributed by atoms with Gasteiger partial charge in [0.25, 0.3) is 0 Å². The average molecular weight is 228 g/mol. The first-order chi connectivity index (χ1) is 7.58. The summed E-state index contributed by atoms with van der Waals surface area (Å²) in [4.78, 5) is 14.9. The van der Waals surface area contributed by atoms with E-state index in [1.807, 2.05) is 7.05 Å². The molecule has 1 rings (SSSR count). The first-order valence-electron chi connectivity index (χ1n) is 6.17. The molecule has 0 unspecified atom stereocenters. The Labute approximate surface area is 98.2 Å². The molecule has 4 nitrogen and oxygen atoms in total. The van der Waals surface area contributed by atoms with Crippen LogP contribution in [0.5, 0.6) is 0 Å². The molecule has 1 N–H and O–H groups in total. The molecule has 0 aromatic carbocycles. The standard InChI is InChI=1S/C12H24N2O2/c1-13-7-3-11(4-8-13)5-9-14(2)10-6-12(15)16/h11H,3-10H2,1-2H3,(H,15,16). The fourth-order valence-corrected chi connectivity index (χ4v) is 2.15. The Balaban J connectivity index is 2.07. The number of piperidine rings is 1. The van der Waals surface area contributed by atoms with E-state index in [-0.39, 0.29) is 6.42 Å². The molecule has 1 fully saturated rings. The summed E-state index contributed by atoms with van der Waals surface area (Å²) in [6, 6.07) is 0. The highest BCUT2D eigenvalue weighted by molar-refractivity contribution is 5.66. The van der Waals surface area contributed by atoms with E-state index in [0.29, 0.717) is 6.54 Å². The first-order valence-corrected chi connectivity index (χ1v) is 6.17. The number of aliphatic carboxylic acids is 1. The zero-order chi connectivity index (χ0) is 12.0. The third kappa shape index (κ3) is 5.47. The lowest BCUT2D eigenvalue weighted by molar-refractivity contribution is -0.137. The maximum absolute atomic E-state index is 10.4. The van der Waals surface area contributed by atoms with Crippen molar-refractivity contribution in [1.82, 2.24) is 9.80 Å². The van der Waals surface area contributed by atoms with Gasteiger partial charge in [0.15, 0.2) is 0 Å². The minimum Gasteiger partial charge on any atom is -0.481 e. The van der Waals surface area contributed by atoms with Crippen LogP contribution in [0, 0.1) is 5.92 Å². The van der Waals surface area contributed by atoms with Crippen LogP contribution in [0.25, 0.3) is 0 Å². The summed E-state index contributed by atoms with van der Waals surface area (Å²) in [6.07, 6.45) is 4.06. The van der Waals surface area contributed by atoms with Gasteiger partial charge < -0.3 is 14.9 Å². The predicted molar refractivity (Wildman–Crippen MR) is 64.6 cm³/mol. The number of hydrogen-bond acceptors (Lipinski definition) is 3. The zero-order valence-corrected chi connectivity index (χ0v) is 10.5. The van der Waals surface area contributed by atoms with Crippen LogP contribution >= 0.6 is 0 Å². The van der Waals surface area contributed by atoms with Crippen molar-refractivity contribution in [3.05, 3.63) is 0 Å². The Morgan fingerprint density at radius 1 is 1.38 bits per heavy atom. The Hall–Kier alpha value is -0.610. The van der Waals surface area contributed by atoms with Gasteiger partial charge in [0, 0.05) is 6.54 Å². The minimum absolute atomic E-state index is 0.254. The van der Waals surface area contributed by atoms with E-state index in [9.17, 15) is 4.79 Å². The lowest BCUT2D eigenvalue weighted by atomic mass is 9.94. The van der Waals surface area contributed by atoms with Crippen LogP contribution < -0.4 is 0 Å². The number of rotatable bonds is 6. The number of hydrogen-bond donors (Lipinski definition) is 1. The second-order valence-corrected chi connectivity index (χ2v) is 4.98. The molecule has 0 bridgehead atoms. The second-order valence-electron chi connectivity index (χ2n) is 4.98. The van der Waals surface area contributed by atoms with Gasteiger partial charge in [0.1, 0.15) is 0 Å². The van der Waals surface area contributed by atoms with E-state index < -0.39 is 5.97 Å². The monoisotopic (exact) mass is 228 g/mol. The summed E-state index contributed by atoms with van der Waals surface area (Å²) in [5.74, 6) is 0.134. The Morgan fingerprint density at radius 3 is 2.56 bits per heavy atom. The summed E-state index contributed by atoms with van der Waals surface area (Å²) >= 11 is 0. The van der Waals surface area contributed by atoms with Gasteiger partial charge in [-0.2, -0.15) is 0 Å². The van der Waals surface area contributed by atoms with Crippen LogP contribution in [0.15, 0.2) is 0 Å². The van der Waals surface area contributed by atoms with Gasteiger partial charge in [-0.15, -0.1) is 0 Å². The van der Waals surface area contributed by atoms with Crippen molar-refractivity contribution < 1.29 is 9.90 Å². The van der Waals surface area contributed by atoms with Crippen LogP contribution in [-0.2, 0) is 4.79 Å². The molecule has 0 aromatic heterocycles. The molecule has 0 saturated carbocycles. The second kappa shape index (κ2) is 6.86. The van der Waals surface area contributed by atoms with E-state index in [4.69, 9.17) is 5.11 Å². The molecule has 0 amide bonds. The van der Waals surface area contributed by atoms with Gasteiger partial charge in [-0.3, -0.25) is 4.79 Å². The summed E-state index contributed by atoms with van der Waals surface area (Å²) < 4.78 is 0. The molecule has 0 aromatic rings. The molecule has 0 aliphatic carbocycles. The predicted octanol–water partition coefficient (Wildman–Crippen LogP) is 1.12. The third-order valence-corrected chi connectivity index (χ3v) is 3.46. The van der Waals surface area contributed by atoms with Crippen molar-refractivity contribution in [1.29, 1.82) is 0 Å². The molecular weight excluding hydrogens is 204 g/mol. The Bertz CT molecular complexity index is 213. The van der Waals surface area contributed by atoms with Crippen LogP contribution in [0.4, 0.5) is 0 Å². The smallest absolute Gasteiger partial charge is 0.304 e. The SMILES string of the molecule is CN(CCC(=O)O)CCC1CCN(C)CC1. The van der Waals surface area contributed by atoms with Gasteiger partial charge in [-0.25, -0.2) is 0 Å². The molecule has 94 valence electrons. The average Bonchev–Trinajstić information content (AvgIpc) is 2.25. The van der Waals surface area contributed by atoms with Gasteiger partial charge in [0.2, 0.25) is 0 Å². The number of carboxylic acid groups (broad SMARTS) is 1. The molecule has 0 radical (unpaired) electrons. The highest BCUT2D eigenvalue weighted by Crippen LogP contribution is 2.19. The highest BCUT2D eigenvalue weighted by Gasteiger charge is 2.16. The summed E-state index contributed by atoms with van der Waals surface area (Å²) in [5, 5.41) is 8.58. The van der Waals surface area contributed by atoms with E-state index in [1.165, 1.54) is 32.4 Å². The molecule has 1 aliphatic rings. The Kier molecular flexibility index (Phi) is 5.77. The number of carboxylic acids is 1. The van der Waals surface area contributed by atoms with Crippen LogP contribution in [0.3, 0.4) is 0 Å². The fraction of sp³-hybridized carbons (Fsp3) is 0.917. The third-order valence-electron chi connectivity index (χ3n) is 3.46. The summed E-state index contributed by atoms with van der Waals surface area (Å²) in [5.41, 5.74) is 0. The van der Waals surface area contributed by atoms with Crippen molar-refractivity contribution in [3.8, 4) is 0 Å². The summed E-state index contributed by atoms with van der Waals surface area (Å²) in [7, 11) is 4.19. The largest absolute Gasteiger partial charge is 0.481 e. The van der Waals surface area contributed by atoms with Gasteiger partial charge in [-0.05, 0) is 58.9 Å². The van der Waals surface area contributed by atoms with E-state index in [1.54, 1.807) is 0 Å². The van der Waals surface area contributed by atoms with E-state index in [2.05, 4.69) is 16.8 Å². The van der Waals surface area contributed by atoms with Gasteiger partial charge in [-0.1, -0.05) is 0 Å². The molecule has 0 atom stereocenters. The van der Waals surface area contributed by atoms with Crippen molar-refractivity contribution >= 4 is 5.97 Å². The maximum Gasteiger partial charge on any atom is 0.304 e. The van der Waals surface area contributed by atoms with Crippen molar-refractivity contribution in [3.63, 3.8) is 0 Å². The number of nitrogens with zero attached hydrogens (tertiary/aromatic N) is 2. The van der Waals surface area contributed by atoms with Crippen LogP contribution in [0.2, 0.25) is 0 Å². The lowest BCUT2D eigenvalue weighted by Gasteiger charge is -2.30. The Morgan fingerprint density at radius 2 is 2.00 bits per heavy atom. The van der Waals surface area contributed by atoms with Crippen LogP contribution in [-0.4, -0.2) is 61.2 Å². The maximum atomic E-state index is 10.4. The molecule has 0 spiro atoms. The van der Waals surface area contributed by atoms with Gasteiger partial charge in [0.05, 0.1) is 6.42 Å². The van der Waals surface area contributed by atoms with Crippen molar-refractivity contribution in [2.75, 3.05) is 40.3 Å². The minimum atomic E-state index is -0.703. The normalized spacial score (nSPS) is 19.2. The van der Waals surface area contributed by atoms with Gasteiger partial charge >= 0.3 is 5.97 Å². The van der Waals surface area contributed by atoms with Crippen molar-refractivity contribution in [2.45, 2.75) is 25.7 Å². The van der Waals surface area contributed by atoms with Crippen LogP contribution in [0.1, 0.15) is 25.7 Å². The van der Waals surface area contributed by atoms with E-state index >= 15 is 0 Å². The molecule has 16 heavy (non-hydrogen) atoms. The zero-order valence-electron chi connectivity index (χ0n) is 10.5. The van der Waals surface area contributed by atoms with E-state index in [0.717, 1.165) is 12.5 Å². The quantitative estimate of drug-likeness (QED) is 0.740. The molecule has 1 saturated heterocycles. The summed E-state index contributed by atoms with van der Waals surface area (Å²) in [6.45, 7) is 4.12. The molecular formula is C12H24N2O2. The molecule has 1 heterocycles. The van der Waals surface area contributed by atoms with Crippen molar-refractivity contribution in [2.24, 2.45) is 5.92 Å². The number of carbonyl (C=O) groups is 1. The topological polar surface area (TPSA) is 43.8 Å². The number of likely N-dealkylation sites (tertiary alicyclic amines) is 1. The lowest BCUT2D eigenvalue weighted by Crippen LogP contribution is -2.32. The highest BCUT2D eigenvalue weighted by atomic mass is 16.4. The fourth-order valence-electron chi connectivity index (χ4n) is 2.15. The molecule has 1 aliphatic heterocycles. The molecule has 4 heteroatoms.